The van der Waals surface area contributed by atoms with Crippen molar-refractivity contribution >= 4 is 72.1 Å². The van der Waals surface area contributed by atoms with E-state index in [0.717, 1.165) is 71.6 Å². The van der Waals surface area contributed by atoms with Gasteiger partial charge < -0.3 is 29.9 Å². The van der Waals surface area contributed by atoms with Crippen LogP contribution in [-0.2, 0) is 0 Å². The minimum atomic E-state index is -0.328. The zero-order chi connectivity index (χ0) is 28.9. The van der Waals surface area contributed by atoms with E-state index in [0.29, 0.717) is 29.1 Å². The highest BCUT2D eigenvalue weighted by Gasteiger charge is 2.15. The molecule has 3 aromatic heterocycles. The van der Waals surface area contributed by atoms with Gasteiger partial charge in [0.1, 0.15) is 12.1 Å². The van der Waals surface area contributed by atoms with Gasteiger partial charge in [-0.15, -0.1) is 0 Å². The molecule has 5 aromatic rings. The number of piperazine rings is 1. The summed E-state index contributed by atoms with van der Waals surface area (Å²) in [6.45, 7) is 6.05. The van der Waals surface area contributed by atoms with Crippen molar-refractivity contribution in [2.75, 3.05) is 69.4 Å². The summed E-state index contributed by atoms with van der Waals surface area (Å²) in [7, 11) is 3.81. The lowest BCUT2D eigenvalue weighted by Gasteiger charge is -2.32. The van der Waals surface area contributed by atoms with Crippen molar-refractivity contribution in [1.29, 1.82) is 0 Å². The number of benzene rings is 2. The molecule has 6 rings (SSSR count). The van der Waals surface area contributed by atoms with Gasteiger partial charge in [-0.1, -0.05) is 11.3 Å². The monoisotopic (exact) mass is 604 g/mol. The molecule has 0 bridgehead atoms. The first-order chi connectivity index (χ1) is 20.5. The number of rotatable bonds is 10. The summed E-state index contributed by atoms with van der Waals surface area (Å²) < 4.78 is 12.7. The number of amides is 2. The van der Waals surface area contributed by atoms with E-state index in [2.05, 4.69) is 47.7 Å². The highest BCUT2D eigenvalue weighted by Crippen LogP contribution is 2.36. The number of hydrogen-bond acceptors (Lipinski definition) is 11. The Morgan fingerprint density at radius 1 is 1.00 bits per heavy atom. The summed E-state index contributed by atoms with van der Waals surface area (Å²) in [6, 6.07) is 11.2. The fourth-order valence-corrected chi connectivity index (χ4v) is 6.25. The molecule has 218 valence electrons. The zero-order valence-electron chi connectivity index (χ0n) is 23.4. The van der Waals surface area contributed by atoms with Crippen LogP contribution < -0.4 is 25.4 Å². The highest BCUT2D eigenvalue weighted by molar-refractivity contribution is 7.22. The Bertz CT molecular complexity index is 1670. The van der Waals surface area contributed by atoms with Gasteiger partial charge in [0.25, 0.3) is 0 Å². The number of nitrogens with zero attached hydrogens (tertiary/aromatic N) is 5. The fourth-order valence-electron chi connectivity index (χ4n) is 4.77. The Morgan fingerprint density at radius 2 is 1.88 bits per heavy atom. The van der Waals surface area contributed by atoms with Crippen LogP contribution in [0, 0.1) is 0 Å². The number of carbonyl (C=O) groups is 1. The summed E-state index contributed by atoms with van der Waals surface area (Å²) in [5.41, 5.74) is 3.13. The van der Waals surface area contributed by atoms with E-state index in [-0.39, 0.29) is 6.03 Å². The van der Waals surface area contributed by atoms with Crippen molar-refractivity contribution in [3.05, 3.63) is 53.5 Å². The molecule has 1 aliphatic heterocycles. The van der Waals surface area contributed by atoms with E-state index in [1.165, 1.54) is 29.0 Å². The van der Waals surface area contributed by atoms with E-state index in [9.17, 15) is 4.79 Å². The fraction of sp³-hybridized carbons (Fsp3) is 0.310. The van der Waals surface area contributed by atoms with Crippen LogP contribution in [-0.4, -0.2) is 84.3 Å². The van der Waals surface area contributed by atoms with Gasteiger partial charge >= 0.3 is 6.03 Å². The maximum atomic E-state index is 12.3. The topological polar surface area (TPSA) is 117 Å². The number of ether oxygens (including phenoxy) is 2. The molecule has 0 radical (unpaired) electrons. The molecule has 11 nitrogen and oxygen atoms in total. The van der Waals surface area contributed by atoms with Gasteiger partial charge in [-0.3, -0.25) is 5.32 Å². The molecule has 2 amide bonds. The van der Waals surface area contributed by atoms with Gasteiger partial charge in [-0.2, -0.15) is 11.3 Å². The molecule has 0 unspecified atom stereocenters. The third-order valence-electron chi connectivity index (χ3n) is 7.04. The highest BCUT2D eigenvalue weighted by atomic mass is 32.1. The van der Waals surface area contributed by atoms with Gasteiger partial charge in [0.2, 0.25) is 0 Å². The maximum absolute atomic E-state index is 12.3. The molecule has 0 spiro atoms. The van der Waals surface area contributed by atoms with E-state index < -0.39 is 0 Å². The SMILES string of the molecule is COc1cc2c(Nc3ccc4nc(NC(=O)Nc5ccsc5)sc4c3)ncnc2cc1OCCCN1CCN(C)CC1. The number of methoxy groups -OCH3 is 1. The van der Waals surface area contributed by atoms with Crippen molar-refractivity contribution < 1.29 is 14.3 Å². The number of carbonyl (C=O) groups excluding carboxylic acids is 1. The van der Waals surface area contributed by atoms with Crippen LogP contribution in [0.2, 0.25) is 0 Å². The van der Waals surface area contributed by atoms with Crippen molar-refractivity contribution in [2.45, 2.75) is 6.42 Å². The summed E-state index contributed by atoms with van der Waals surface area (Å²) in [4.78, 5) is 30.7. The smallest absolute Gasteiger partial charge is 0.325 e. The van der Waals surface area contributed by atoms with Crippen LogP contribution in [0.1, 0.15) is 6.42 Å². The average molecular weight is 605 g/mol. The lowest BCUT2D eigenvalue weighted by molar-refractivity contribution is 0.145. The van der Waals surface area contributed by atoms with E-state index in [4.69, 9.17) is 9.47 Å². The summed E-state index contributed by atoms with van der Waals surface area (Å²) in [6.07, 6.45) is 2.48. The predicted octanol–water partition coefficient (Wildman–Crippen LogP) is 5.71. The van der Waals surface area contributed by atoms with E-state index in [1.54, 1.807) is 7.11 Å². The summed E-state index contributed by atoms with van der Waals surface area (Å²) >= 11 is 2.92. The molecule has 1 aliphatic rings. The van der Waals surface area contributed by atoms with Gasteiger partial charge in [0.05, 0.1) is 35.1 Å². The summed E-state index contributed by atoms with van der Waals surface area (Å²) in [5, 5.41) is 14.1. The number of thiophene rings is 1. The average Bonchev–Trinajstić information content (AvgIpc) is 3.65. The van der Waals surface area contributed by atoms with Gasteiger partial charge in [-0.05, 0) is 49.2 Å². The first-order valence-electron chi connectivity index (χ1n) is 13.7. The summed E-state index contributed by atoms with van der Waals surface area (Å²) in [5.74, 6) is 1.95. The Labute approximate surface area is 251 Å². The first-order valence-corrected chi connectivity index (χ1v) is 15.4. The third-order valence-corrected chi connectivity index (χ3v) is 8.66. The largest absolute Gasteiger partial charge is 0.493 e. The van der Waals surface area contributed by atoms with Crippen molar-refractivity contribution in [1.82, 2.24) is 24.8 Å². The molecule has 3 N–H and O–H groups in total. The number of aromatic nitrogens is 3. The van der Waals surface area contributed by atoms with Crippen LogP contribution in [0.5, 0.6) is 11.5 Å². The van der Waals surface area contributed by atoms with Gasteiger partial charge in [-0.25, -0.2) is 19.7 Å². The van der Waals surface area contributed by atoms with Crippen LogP contribution in [0.4, 0.5) is 27.1 Å². The number of thiazole rings is 1. The second-order valence-electron chi connectivity index (χ2n) is 10.0. The molecule has 0 saturated carbocycles. The normalized spacial score (nSPS) is 14.2. The molecular weight excluding hydrogens is 573 g/mol. The zero-order valence-corrected chi connectivity index (χ0v) is 25.1. The van der Waals surface area contributed by atoms with Crippen LogP contribution in [0.3, 0.4) is 0 Å². The van der Waals surface area contributed by atoms with Crippen molar-refractivity contribution in [3.63, 3.8) is 0 Å². The Morgan fingerprint density at radius 3 is 2.69 bits per heavy atom. The number of nitrogens with one attached hydrogen (secondary N) is 3. The third kappa shape index (κ3) is 6.71. The van der Waals surface area contributed by atoms with E-state index >= 15 is 0 Å². The van der Waals surface area contributed by atoms with Gasteiger partial charge in [0.15, 0.2) is 16.6 Å². The number of fused-ring (bicyclic) bond motifs is 2. The minimum absolute atomic E-state index is 0.328. The molecule has 42 heavy (non-hydrogen) atoms. The van der Waals surface area contributed by atoms with E-state index in [1.807, 2.05) is 47.2 Å². The molecule has 0 atom stereocenters. The van der Waals surface area contributed by atoms with Crippen LogP contribution in [0.25, 0.3) is 21.1 Å². The van der Waals surface area contributed by atoms with Crippen LogP contribution >= 0.6 is 22.7 Å². The number of hydrogen-bond donors (Lipinski definition) is 3. The second kappa shape index (κ2) is 12.9. The lowest BCUT2D eigenvalue weighted by Crippen LogP contribution is -2.44. The molecule has 13 heteroatoms. The molecular formula is C29H32N8O3S2. The molecule has 2 aromatic carbocycles. The Kier molecular flexibility index (Phi) is 8.60. The standard InChI is InChI=1S/C29H32N8O3S2/c1-36-8-10-37(11-9-36)7-3-12-40-25-16-23-21(15-24(25)39-2)27(31-18-30-23)32-19-4-5-22-26(14-19)42-29(34-22)35-28(38)33-20-6-13-41-17-20/h4-6,13-18H,3,7-12H2,1-2H3,(H,30,31,32)(H2,33,34,35,38). The van der Waals surface area contributed by atoms with Crippen molar-refractivity contribution in [3.8, 4) is 11.5 Å². The molecule has 4 heterocycles. The lowest BCUT2D eigenvalue weighted by atomic mass is 10.2. The minimum Gasteiger partial charge on any atom is -0.493 e. The van der Waals surface area contributed by atoms with Crippen molar-refractivity contribution in [2.24, 2.45) is 0 Å². The number of urea groups is 1. The quantitative estimate of drug-likeness (QED) is 0.172. The number of anilines is 4. The van der Waals surface area contributed by atoms with Crippen LogP contribution in [0.15, 0.2) is 53.5 Å². The maximum Gasteiger partial charge on any atom is 0.325 e. The first kappa shape index (κ1) is 28.1. The van der Waals surface area contributed by atoms with Gasteiger partial charge in [0, 0.05) is 55.2 Å². The molecule has 1 saturated heterocycles. The molecule has 0 aliphatic carbocycles. The Balaban J connectivity index is 1.12. The molecule has 1 fully saturated rings. The Hall–Kier alpha value is -4.04. The predicted molar refractivity (Wildman–Crippen MR) is 170 cm³/mol. The second-order valence-corrected chi connectivity index (χ2v) is 11.8. The number of likely N-dealkylation sites (N-methyl/N-ethyl adjacent to an activating group) is 1.